The molecule has 1 heterocycles. The van der Waals surface area contributed by atoms with Gasteiger partial charge >= 0.3 is 11.9 Å². The summed E-state index contributed by atoms with van der Waals surface area (Å²) in [5.74, 6) is -10.3. The molecule has 1 unspecified atom stereocenters. The van der Waals surface area contributed by atoms with Crippen LogP contribution in [0.3, 0.4) is 0 Å². The van der Waals surface area contributed by atoms with E-state index in [0.717, 1.165) is 0 Å². The van der Waals surface area contributed by atoms with Crippen molar-refractivity contribution in [2.75, 3.05) is 11.9 Å². The Morgan fingerprint density at radius 2 is 1.76 bits per heavy atom. The number of hydrogen-bond acceptors (Lipinski definition) is 5. The average molecular weight is 310 g/mol. The Balaban J connectivity index is 3.14. The number of nitrogens with zero attached hydrogens (tertiary/aromatic N) is 1. The van der Waals surface area contributed by atoms with E-state index in [1.54, 1.807) is 5.32 Å². The topological polar surface area (TPSA) is 88.5 Å². The summed E-state index contributed by atoms with van der Waals surface area (Å²) in [4.78, 5) is 24.4. The van der Waals surface area contributed by atoms with E-state index in [0.29, 0.717) is 0 Å². The maximum Gasteiger partial charge on any atom is 0.329 e. The molecule has 2 N–H and O–H groups in total. The van der Waals surface area contributed by atoms with Crippen molar-refractivity contribution in [3.63, 3.8) is 0 Å². The van der Waals surface area contributed by atoms with Crippen LogP contribution in [0.1, 0.15) is 13.3 Å². The lowest BCUT2D eigenvalue weighted by Gasteiger charge is -2.17. The molecule has 0 aliphatic rings. The Kier molecular flexibility index (Phi) is 5.44. The quantitative estimate of drug-likeness (QED) is 0.470. The van der Waals surface area contributed by atoms with Gasteiger partial charge in [-0.25, -0.2) is 4.79 Å². The van der Waals surface area contributed by atoms with Crippen LogP contribution >= 0.6 is 0 Å². The highest BCUT2D eigenvalue weighted by Crippen LogP contribution is 2.23. The van der Waals surface area contributed by atoms with Gasteiger partial charge in [0.2, 0.25) is 11.6 Å². The molecule has 10 heteroatoms. The molecule has 0 saturated carbocycles. The van der Waals surface area contributed by atoms with Gasteiger partial charge in [0.1, 0.15) is 11.7 Å². The van der Waals surface area contributed by atoms with Crippen LogP contribution in [0.15, 0.2) is 0 Å². The van der Waals surface area contributed by atoms with Crippen LogP contribution in [-0.2, 0) is 14.3 Å². The van der Waals surface area contributed by atoms with Crippen molar-refractivity contribution in [3.05, 3.63) is 23.5 Å². The zero-order valence-electron chi connectivity index (χ0n) is 10.6. The number of anilines is 1. The zero-order valence-corrected chi connectivity index (χ0v) is 10.6. The lowest BCUT2D eigenvalue weighted by molar-refractivity contribution is -0.148. The first-order valence-corrected chi connectivity index (χ1v) is 5.62. The molecule has 0 bridgehead atoms. The van der Waals surface area contributed by atoms with Crippen molar-refractivity contribution in [1.29, 1.82) is 0 Å². The van der Waals surface area contributed by atoms with Crippen LogP contribution in [0.2, 0.25) is 0 Å². The zero-order chi connectivity index (χ0) is 16.2. The number of aliphatic carboxylic acids is 1. The molecule has 0 saturated heterocycles. The number of nitrogens with one attached hydrogen (secondary N) is 1. The van der Waals surface area contributed by atoms with E-state index in [1.165, 1.54) is 6.92 Å². The summed E-state index contributed by atoms with van der Waals surface area (Å²) in [5.41, 5.74) is -1.33. The number of pyridine rings is 1. The summed E-state index contributed by atoms with van der Waals surface area (Å²) >= 11 is 0. The summed E-state index contributed by atoms with van der Waals surface area (Å²) in [6, 6.07) is -1.73. The summed E-state index contributed by atoms with van der Waals surface area (Å²) in [6.07, 6.45) is -0.913. The van der Waals surface area contributed by atoms with Gasteiger partial charge in [0.25, 0.3) is 11.9 Å². The summed E-state index contributed by atoms with van der Waals surface area (Å²) in [5, 5.41) is 10.4. The second-order valence-electron chi connectivity index (χ2n) is 3.74. The van der Waals surface area contributed by atoms with Crippen LogP contribution in [0.5, 0.6) is 0 Å². The number of ether oxygens (including phenoxy) is 1. The number of carboxylic acids is 1. The number of carboxylic acid groups (broad SMARTS) is 1. The van der Waals surface area contributed by atoms with Crippen LogP contribution in [-0.4, -0.2) is 34.7 Å². The predicted octanol–water partition coefficient (Wildman–Crippen LogP) is 1.46. The van der Waals surface area contributed by atoms with Gasteiger partial charge in [-0.3, -0.25) is 4.79 Å². The maximum absolute atomic E-state index is 13.4. The molecule has 0 spiro atoms. The Hall–Kier alpha value is -2.39. The molecule has 0 aliphatic heterocycles. The fourth-order valence-corrected chi connectivity index (χ4v) is 1.40. The lowest BCUT2D eigenvalue weighted by Crippen LogP contribution is -2.34. The fourth-order valence-electron chi connectivity index (χ4n) is 1.40. The minimum absolute atomic E-state index is 0.124. The number of carbonyl (C=O) groups is 2. The molecule has 6 nitrogen and oxygen atoms in total. The molecule has 116 valence electrons. The maximum atomic E-state index is 13.4. The van der Waals surface area contributed by atoms with Gasteiger partial charge in [-0.15, -0.1) is 0 Å². The SMILES string of the molecule is CCOC(=O)C(CC(=O)O)Nc1c(F)c(F)nc(F)c1F. The third-order valence-corrected chi connectivity index (χ3v) is 2.27. The average Bonchev–Trinajstić information content (AvgIpc) is 2.40. The van der Waals surface area contributed by atoms with E-state index in [2.05, 4.69) is 9.72 Å². The van der Waals surface area contributed by atoms with Gasteiger partial charge in [0.15, 0.2) is 0 Å². The Bertz CT molecular complexity index is 541. The van der Waals surface area contributed by atoms with E-state index in [4.69, 9.17) is 5.11 Å². The first-order chi connectivity index (χ1) is 9.77. The van der Waals surface area contributed by atoms with Crippen LogP contribution < -0.4 is 5.32 Å². The third-order valence-electron chi connectivity index (χ3n) is 2.27. The molecule has 1 aromatic heterocycles. The largest absolute Gasteiger partial charge is 0.481 e. The van der Waals surface area contributed by atoms with Gasteiger partial charge in [-0.1, -0.05) is 0 Å². The number of carbonyl (C=O) groups excluding carboxylic acids is 1. The van der Waals surface area contributed by atoms with Gasteiger partial charge < -0.3 is 15.2 Å². The van der Waals surface area contributed by atoms with E-state index in [-0.39, 0.29) is 6.61 Å². The van der Waals surface area contributed by atoms with Crippen molar-refractivity contribution in [3.8, 4) is 0 Å². The highest BCUT2D eigenvalue weighted by Gasteiger charge is 2.28. The van der Waals surface area contributed by atoms with Crippen LogP contribution in [0.25, 0.3) is 0 Å². The second-order valence-corrected chi connectivity index (χ2v) is 3.74. The Labute approximate surface area is 115 Å². The molecule has 1 atom stereocenters. The van der Waals surface area contributed by atoms with E-state index >= 15 is 0 Å². The van der Waals surface area contributed by atoms with Crippen molar-refractivity contribution < 1.29 is 37.0 Å². The molecule has 0 radical (unpaired) electrons. The molecule has 0 fully saturated rings. The molecule has 0 aromatic carbocycles. The van der Waals surface area contributed by atoms with E-state index in [1.807, 2.05) is 0 Å². The number of aromatic nitrogens is 1. The minimum Gasteiger partial charge on any atom is -0.481 e. The lowest BCUT2D eigenvalue weighted by atomic mass is 10.2. The standard InChI is InChI=1S/C11H10F4N2O4/c1-2-21-11(20)4(3-5(18)19)16-8-6(12)9(14)17-10(15)7(8)13/h4H,2-3H2,1H3,(H,16,17)(H,18,19). The smallest absolute Gasteiger partial charge is 0.329 e. The summed E-state index contributed by atoms with van der Waals surface area (Å²) in [7, 11) is 0. The summed E-state index contributed by atoms with van der Waals surface area (Å²) < 4.78 is 57.1. The van der Waals surface area contributed by atoms with Crippen molar-refractivity contribution in [2.24, 2.45) is 0 Å². The molecule has 0 aliphatic carbocycles. The minimum atomic E-state index is -1.94. The Morgan fingerprint density at radius 3 is 2.19 bits per heavy atom. The fraction of sp³-hybridized carbons (Fsp3) is 0.364. The second kappa shape index (κ2) is 6.86. The van der Waals surface area contributed by atoms with Crippen LogP contribution in [0.4, 0.5) is 23.2 Å². The normalized spacial score (nSPS) is 11.9. The number of rotatable bonds is 6. The molecule has 1 rings (SSSR count). The number of esters is 1. The number of hydrogen-bond donors (Lipinski definition) is 2. The predicted molar refractivity (Wildman–Crippen MR) is 60.4 cm³/mol. The Morgan fingerprint density at radius 1 is 1.24 bits per heavy atom. The molecular formula is C11H10F4N2O4. The van der Waals surface area contributed by atoms with Gasteiger partial charge in [-0.2, -0.15) is 22.5 Å². The van der Waals surface area contributed by atoms with E-state index < -0.39 is 53.6 Å². The molecule has 21 heavy (non-hydrogen) atoms. The molecular weight excluding hydrogens is 300 g/mol. The molecule has 0 amide bonds. The highest BCUT2D eigenvalue weighted by molar-refractivity contribution is 5.84. The van der Waals surface area contributed by atoms with Crippen molar-refractivity contribution in [2.45, 2.75) is 19.4 Å². The highest BCUT2D eigenvalue weighted by atomic mass is 19.2. The van der Waals surface area contributed by atoms with Crippen molar-refractivity contribution >= 4 is 17.6 Å². The first kappa shape index (κ1) is 16.7. The summed E-state index contributed by atoms with van der Waals surface area (Å²) in [6.45, 7) is 1.29. The third kappa shape index (κ3) is 4.04. The molecule has 1 aromatic rings. The van der Waals surface area contributed by atoms with Crippen LogP contribution in [0, 0.1) is 23.5 Å². The first-order valence-electron chi connectivity index (χ1n) is 5.62. The van der Waals surface area contributed by atoms with Gasteiger partial charge in [0.05, 0.1) is 13.0 Å². The van der Waals surface area contributed by atoms with Gasteiger partial charge in [-0.05, 0) is 6.92 Å². The van der Waals surface area contributed by atoms with E-state index in [9.17, 15) is 27.2 Å². The monoisotopic (exact) mass is 310 g/mol. The van der Waals surface area contributed by atoms with Gasteiger partial charge in [0, 0.05) is 0 Å². The van der Waals surface area contributed by atoms with Crippen molar-refractivity contribution in [1.82, 2.24) is 4.98 Å². The number of halogens is 4.